The van der Waals surface area contributed by atoms with Crippen LogP contribution in [0.5, 0.6) is 11.5 Å². The van der Waals surface area contributed by atoms with E-state index in [0.717, 1.165) is 28.4 Å². The van der Waals surface area contributed by atoms with Crippen LogP contribution in [0.2, 0.25) is 0 Å². The molecule has 0 bridgehead atoms. The number of methoxy groups -OCH3 is 3. The van der Waals surface area contributed by atoms with Crippen molar-refractivity contribution in [2.75, 3.05) is 33.3 Å². The van der Waals surface area contributed by atoms with Gasteiger partial charge in [-0.1, -0.05) is 6.92 Å². The molecule has 0 aliphatic carbocycles. The van der Waals surface area contributed by atoms with Crippen molar-refractivity contribution in [1.82, 2.24) is 10.2 Å². The van der Waals surface area contributed by atoms with Crippen LogP contribution in [-0.2, 0) is 11.3 Å². The zero-order chi connectivity index (χ0) is 16.7. The van der Waals surface area contributed by atoms with Gasteiger partial charge in [0.05, 0.1) is 27.0 Å². The van der Waals surface area contributed by atoms with Crippen LogP contribution in [-0.4, -0.2) is 38.1 Å². The van der Waals surface area contributed by atoms with Crippen molar-refractivity contribution in [1.29, 1.82) is 0 Å². The van der Waals surface area contributed by atoms with E-state index in [2.05, 4.69) is 22.4 Å². The molecule has 1 unspecified atom stereocenters. The van der Waals surface area contributed by atoms with Crippen LogP contribution in [0.4, 0.5) is 5.82 Å². The Kier molecular flexibility index (Phi) is 6.17. The molecule has 6 nitrogen and oxygen atoms in total. The Hall–Kier alpha value is -2.34. The van der Waals surface area contributed by atoms with E-state index in [1.807, 2.05) is 24.3 Å². The van der Waals surface area contributed by atoms with E-state index < -0.39 is 0 Å². The fourth-order valence-corrected chi connectivity index (χ4v) is 2.27. The Morgan fingerprint density at radius 3 is 2.65 bits per heavy atom. The molecule has 1 aromatic carbocycles. The maximum Gasteiger partial charge on any atom is 0.149 e. The first-order valence-corrected chi connectivity index (χ1v) is 7.44. The number of aromatic nitrogens is 2. The van der Waals surface area contributed by atoms with Crippen LogP contribution >= 0.6 is 0 Å². The van der Waals surface area contributed by atoms with E-state index in [9.17, 15) is 0 Å². The van der Waals surface area contributed by atoms with Gasteiger partial charge in [-0.2, -0.15) is 5.10 Å². The molecule has 2 rings (SSSR count). The van der Waals surface area contributed by atoms with Gasteiger partial charge in [0.1, 0.15) is 17.3 Å². The van der Waals surface area contributed by atoms with E-state index >= 15 is 0 Å². The molecule has 0 saturated heterocycles. The SMILES string of the molecule is COCC(C)c1cnnc(NCc2ccc(OC)cc2OC)c1. The van der Waals surface area contributed by atoms with Gasteiger partial charge in [0, 0.05) is 31.2 Å². The Morgan fingerprint density at radius 1 is 1.13 bits per heavy atom. The zero-order valence-electron chi connectivity index (χ0n) is 14.0. The highest BCUT2D eigenvalue weighted by Gasteiger charge is 2.09. The molecule has 2 aromatic rings. The third-order valence-electron chi connectivity index (χ3n) is 3.62. The highest BCUT2D eigenvalue weighted by molar-refractivity contribution is 5.44. The quantitative estimate of drug-likeness (QED) is 0.807. The van der Waals surface area contributed by atoms with E-state index in [-0.39, 0.29) is 5.92 Å². The number of nitrogens with one attached hydrogen (secondary N) is 1. The molecule has 0 aliphatic rings. The number of anilines is 1. The smallest absolute Gasteiger partial charge is 0.149 e. The van der Waals surface area contributed by atoms with Crippen LogP contribution in [0.15, 0.2) is 30.5 Å². The van der Waals surface area contributed by atoms with Crippen molar-refractivity contribution in [2.45, 2.75) is 19.4 Å². The third-order valence-corrected chi connectivity index (χ3v) is 3.62. The van der Waals surface area contributed by atoms with Gasteiger partial charge in [0.25, 0.3) is 0 Å². The Balaban J connectivity index is 2.07. The van der Waals surface area contributed by atoms with Gasteiger partial charge in [0.15, 0.2) is 0 Å². The second kappa shape index (κ2) is 8.33. The number of hydrogen-bond donors (Lipinski definition) is 1. The molecule has 6 heteroatoms. The topological polar surface area (TPSA) is 65.5 Å². The maximum atomic E-state index is 5.40. The summed E-state index contributed by atoms with van der Waals surface area (Å²) in [6.45, 7) is 3.33. The first kappa shape index (κ1) is 17.0. The normalized spacial score (nSPS) is 11.8. The molecule has 124 valence electrons. The van der Waals surface area contributed by atoms with Crippen LogP contribution < -0.4 is 14.8 Å². The lowest BCUT2D eigenvalue weighted by atomic mass is 10.1. The molecule has 0 aliphatic heterocycles. The van der Waals surface area contributed by atoms with Crippen LogP contribution in [0, 0.1) is 0 Å². The second-order valence-electron chi connectivity index (χ2n) is 5.26. The first-order chi connectivity index (χ1) is 11.2. The van der Waals surface area contributed by atoms with Crippen molar-refractivity contribution in [3.8, 4) is 11.5 Å². The summed E-state index contributed by atoms with van der Waals surface area (Å²) in [7, 11) is 4.97. The van der Waals surface area contributed by atoms with Crippen LogP contribution in [0.3, 0.4) is 0 Å². The molecule has 0 amide bonds. The van der Waals surface area contributed by atoms with E-state index in [0.29, 0.717) is 13.2 Å². The van der Waals surface area contributed by atoms with Crippen LogP contribution in [0.1, 0.15) is 24.0 Å². The summed E-state index contributed by atoms with van der Waals surface area (Å²) in [5, 5.41) is 11.4. The predicted octanol–water partition coefficient (Wildman–Crippen LogP) is 2.86. The molecule has 23 heavy (non-hydrogen) atoms. The van der Waals surface area contributed by atoms with Crippen molar-refractivity contribution in [2.24, 2.45) is 0 Å². The molecule has 1 N–H and O–H groups in total. The molecule has 0 radical (unpaired) electrons. The van der Waals surface area contributed by atoms with Crippen molar-refractivity contribution in [3.05, 3.63) is 41.6 Å². The van der Waals surface area contributed by atoms with E-state index in [1.165, 1.54) is 0 Å². The predicted molar refractivity (Wildman–Crippen MR) is 89.2 cm³/mol. The largest absolute Gasteiger partial charge is 0.497 e. The fraction of sp³-hybridized carbons (Fsp3) is 0.412. The molecule has 0 saturated carbocycles. The Morgan fingerprint density at radius 2 is 1.96 bits per heavy atom. The number of nitrogens with zero attached hydrogens (tertiary/aromatic N) is 2. The summed E-state index contributed by atoms with van der Waals surface area (Å²) < 4.78 is 15.8. The third kappa shape index (κ3) is 4.56. The lowest BCUT2D eigenvalue weighted by Crippen LogP contribution is -2.07. The standard InChI is InChI=1S/C17H23N3O3/c1-12(11-21-2)14-7-17(20-19-10-14)18-9-13-5-6-15(22-3)8-16(13)23-4/h5-8,10,12H,9,11H2,1-4H3,(H,18,20). The van der Waals surface area contributed by atoms with Gasteiger partial charge in [-0.05, 0) is 23.8 Å². The highest BCUT2D eigenvalue weighted by atomic mass is 16.5. The lowest BCUT2D eigenvalue weighted by molar-refractivity contribution is 0.184. The lowest BCUT2D eigenvalue weighted by Gasteiger charge is -2.13. The second-order valence-corrected chi connectivity index (χ2v) is 5.26. The number of hydrogen-bond acceptors (Lipinski definition) is 6. The van der Waals surface area contributed by atoms with E-state index in [1.54, 1.807) is 27.5 Å². The molecule has 1 aromatic heterocycles. The zero-order valence-corrected chi connectivity index (χ0v) is 14.0. The van der Waals surface area contributed by atoms with Gasteiger partial charge in [0.2, 0.25) is 0 Å². The monoisotopic (exact) mass is 317 g/mol. The molecule has 1 heterocycles. The fourth-order valence-electron chi connectivity index (χ4n) is 2.27. The number of ether oxygens (including phenoxy) is 3. The minimum atomic E-state index is 0.270. The van der Waals surface area contributed by atoms with Crippen molar-refractivity contribution >= 4 is 5.82 Å². The van der Waals surface area contributed by atoms with Crippen molar-refractivity contribution < 1.29 is 14.2 Å². The van der Waals surface area contributed by atoms with Gasteiger partial charge in [-0.3, -0.25) is 0 Å². The summed E-state index contributed by atoms with van der Waals surface area (Å²) in [4.78, 5) is 0. The van der Waals surface area contributed by atoms with Crippen LogP contribution in [0.25, 0.3) is 0 Å². The Bertz CT molecular complexity index is 634. The number of rotatable bonds is 8. The summed E-state index contributed by atoms with van der Waals surface area (Å²) in [6.07, 6.45) is 1.77. The average Bonchev–Trinajstić information content (AvgIpc) is 2.60. The highest BCUT2D eigenvalue weighted by Crippen LogP contribution is 2.25. The van der Waals surface area contributed by atoms with Gasteiger partial charge in [-0.25, -0.2) is 0 Å². The van der Waals surface area contributed by atoms with Gasteiger partial charge >= 0.3 is 0 Å². The average molecular weight is 317 g/mol. The molecule has 0 fully saturated rings. The molecular weight excluding hydrogens is 294 g/mol. The van der Waals surface area contributed by atoms with Gasteiger partial charge in [-0.15, -0.1) is 5.10 Å². The van der Waals surface area contributed by atoms with E-state index in [4.69, 9.17) is 14.2 Å². The minimum absolute atomic E-state index is 0.270. The Labute approximate surface area is 136 Å². The summed E-state index contributed by atoms with van der Waals surface area (Å²) in [5.41, 5.74) is 2.11. The first-order valence-electron chi connectivity index (χ1n) is 7.44. The van der Waals surface area contributed by atoms with Gasteiger partial charge < -0.3 is 19.5 Å². The summed E-state index contributed by atoms with van der Waals surface area (Å²) >= 11 is 0. The minimum Gasteiger partial charge on any atom is -0.497 e. The summed E-state index contributed by atoms with van der Waals surface area (Å²) in [5.74, 6) is 2.53. The number of benzene rings is 1. The molecule has 1 atom stereocenters. The maximum absolute atomic E-state index is 5.40. The van der Waals surface area contributed by atoms with Crippen molar-refractivity contribution in [3.63, 3.8) is 0 Å². The summed E-state index contributed by atoms with van der Waals surface area (Å²) in [6, 6.07) is 7.73. The molecule has 0 spiro atoms. The molecular formula is C17H23N3O3.